The molecule has 0 saturated carbocycles. The number of carbonyl (C=O) groups excluding carboxylic acids is 1. The Balaban J connectivity index is 2.18. The molecule has 24 heavy (non-hydrogen) atoms. The normalized spacial score (nSPS) is 15.3. The summed E-state index contributed by atoms with van der Waals surface area (Å²) in [5, 5.41) is 20.4. The molecule has 0 radical (unpaired) electrons. The van der Waals surface area contributed by atoms with E-state index in [0.29, 0.717) is 11.1 Å². The molecule has 0 amide bonds. The van der Waals surface area contributed by atoms with Crippen molar-refractivity contribution in [3.8, 4) is 6.07 Å². The summed E-state index contributed by atoms with van der Waals surface area (Å²) in [4.78, 5) is 22.6. The number of benzene rings is 2. The van der Waals surface area contributed by atoms with E-state index in [1.807, 2.05) is 6.07 Å². The summed E-state index contributed by atoms with van der Waals surface area (Å²) in [5.41, 5.74) is 1.02. The molecule has 0 spiro atoms. The van der Waals surface area contributed by atoms with E-state index in [9.17, 15) is 20.2 Å². The van der Waals surface area contributed by atoms with Gasteiger partial charge >= 0.3 is 5.97 Å². The van der Waals surface area contributed by atoms with E-state index >= 15 is 0 Å². The lowest BCUT2D eigenvalue weighted by Gasteiger charge is -2.05. The highest BCUT2D eigenvalue weighted by Gasteiger charge is 2.31. The van der Waals surface area contributed by atoms with Crippen LogP contribution in [0.2, 0.25) is 0 Å². The van der Waals surface area contributed by atoms with Crippen LogP contribution < -0.4 is 0 Å². The maximum atomic E-state index is 11.9. The maximum Gasteiger partial charge on any atom is 0.355 e. The molecule has 0 saturated heterocycles. The lowest BCUT2D eigenvalue weighted by Crippen LogP contribution is -1.96. The summed E-state index contributed by atoms with van der Waals surface area (Å²) in [6.07, 6.45) is 1.41. The summed E-state index contributed by atoms with van der Waals surface area (Å²) >= 11 is 0. The lowest BCUT2D eigenvalue weighted by molar-refractivity contribution is -0.385. The molecule has 0 unspecified atom stereocenters. The van der Waals surface area contributed by atoms with E-state index in [2.05, 4.69) is 0 Å². The molecule has 1 aliphatic rings. The molecule has 0 bridgehead atoms. The van der Waals surface area contributed by atoms with Crippen LogP contribution in [0.25, 0.3) is 11.6 Å². The third kappa shape index (κ3) is 2.66. The van der Waals surface area contributed by atoms with Crippen molar-refractivity contribution in [2.24, 2.45) is 0 Å². The zero-order chi connectivity index (χ0) is 17.1. The van der Waals surface area contributed by atoms with Gasteiger partial charge in [-0.15, -0.1) is 0 Å². The monoisotopic (exact) mass is 318 g/mol. The number of carbonyl (C=O) groups is 1. The predicted octanol–water partition coefficient (Wildman–Crippen LogP) is 3.47. The van der Waals surface area contributed by atoms with Crippen molar-refractivity contribution in [1.29, 1.82) is 5.26 Å². The Labute approximate surface area is 137 Å². The van der Waals surface area contributed by atoms with Gasteiger partial charge < -0.3 is 4.74 Å². The van der Waals surface area contributed by atoms with Crippen molar-refractivity contribution < 1.29 is 14.5 Å². The standard InChI is InChI=1S/C18H10N2O4/c19-11-14-17(12-6-2-1-3-7-12)16(24-18(14)21)10-13-8-4-5-9-15(13)20(22)23/h1-10H. The zero-order valence-electron chi connectivity index (χ0n) is 12.3. The molecule has 2 aromatic rings. The van der Waals surface area contributed by atoms with Gasteiger partial charge in [0.1, 0.15) is 17.4 Å². The van der Waals surface area contributed by atoms with Crippen LogP contribution in [0.3, 0.4) is 0 Å². The van der Waals surface area contributed by atoms with Gasteiger partial charge in [-0.05, 0) is 17.7 Å². The second-order valence-electron chi connectivity index (χ2n) is 4.94. The number of nitriles is 1. The minimum Gasteiger partial charge on any atom is -0.422 e. The van der Waals surface area contributed by atoms with Crippen LogP contribution in [0.5, 0.6) is 0 Å². The highest BCUT2D eigenvalue weighted by Crippen LogP contribution is 2.36. The van der Waals surface area contributed by atoms with Crippen molar-refractivity contribution in [2.45, 2.75) is 0 Å². The van der Waals surface area contributed by atoms with E-state index in [4.69, 9.17) is 4.74 Å². The molecule has 0 aliphatic carbocycles. The third-order valence-corrected chi connectivity index (χ3v) is 3.50. The molecular weight excluding hydrogens is 308 g/mol. The van der Waals surface area contributed by atoms with Crippen LogP contribution >= 0.6 is 0 Å². The fraction of sp³-hybridized carbons (Fsp3) is 0. The molecule has 0 atom stereocenters. The van der Waals surface area contributed by atoms with Crippen LogP contribution in [-0.2, 0) is 9.53 Å². The van der Waals surface area contributed by atoms with Gasteiger partial charge in [-0.3, -0.25) is 10.1 Å². The first-order valence-electron chi connectivity index (χ1n) is 6.99. The summed E-state index contributed by atoms with van der Waals surface area (Å²) in [6.45, 7) is 0. The van der Waals surface area contributed by atoms with Gasteiger partial charge in [0.05, 0.1) is 10.5 Å². The van der Waals surface area contributed by atoms with Crippen molar-refractivity contribution >= 4 is 23.3 Å². The van der Waals surface area contributed by atoms with E-state index in [0.717, 1.165) is 0 Å². The molecule has 6 heteroatoms. The van der Waals surface area contributed by atoms with Gasteiger partial charge in [-0.2, -0.15) is 5.26 Å². The Hall–Kier alpha value is -3.72. The number of allylic oxidation sites excluding steroid dienone is 1. The smallest absolute Gasteiger partial charge is 0.355 e. The van der Waals surface area contributed by atoms with Crippen LogP contribution in [0.15, 0.2) is 65.9 Å². The van der Waals surface area contributed by atoms with Crippen molar-refractivity contribution in [1.82, 2.24) is 0 Å². The molecule has 0 fully saturated rings. The number of ether oxygens (including phenoxy) is 1. The summed E-state index contributed by atoms with van der Waals surface area (Å²) in [6, 6.07) is 16.8. The van der Waals surface area contributed by atoms with Crippen LogP contribution in [0, 0.1) is 21.4 Å². The van der Waals surface area contributed by atoms with Crippen molar-refractivity contribution in [3.63, 3.8) is 0 Å². The zero-order valence-corrected chi connectivity index (χ0v) is 12.3. The Morgan fingerprint density at radius 1 is 1.08 bits per heavy atom. The molecule has 0 N–H and O–H groups in total. The van der Waals surface area contributed by atoms with Crippen LogP contribution in [-0.4, -0.2) is 10.9 Å². The molecule has 0 aromatic heterocycles. The van der Waals surface area contributed by atoms with E-state index in [1.54, 1.807) is 48.5 Å². The molecular formula is C18H10N2O4. The maximum absolute atomic E-state index is 11.9. The molecule has 1 aliphatic heterocycles. The number of rotatable bonds is 3. The highest BCUT2D eigenvalue weighted by atomic mass is 16.6. The third-order valence-electron chi connectivity index (χ3n) is 3.50. The van der Waals surface area contributed by atoms with Gasteiger partial charge in [0.2, 0.25) is 0 Å². The highest BCUT2D eigenvalue weighted by molar-refractivity contribution is 6.11. The van der Waals surface area contributed by atoms with Crippen molar-refractivity contribution in [2.75, 3.05) is 0 Å². The van der Waals surface area contributed by atoms with Gasteiger partial charge in [0.15, 0.2) is 0 Å². The summed E-state index contributed by atoms with van der Waals surface area (Å²) in [5.74, 6) is -0.641. The molecule has 6 nitrogen and oxygen atoms in total. The number of hydrogen-bond donors (Lipinski definition) is 0. The molecule has 116 valence electrons. The minimum absolute atomic E-state index is 0.112. The number of nitro benzene ring substituents is 1. The van der Waals surface area contributed by atoms with E-state index in [-0.39, 0.29) is 22.6 Å². The Kier molecular flexibility index (Phi) is 3.91. The van der Waals surface area contributed by atoms with Gasteiger partial charge in [-0.25, -0.2) is 4.79 Å². The second-order valence-corrected chi connectivity index (χ2v) is 4.94. The average Bonchev–Trinajstić information content (AvgIpc) is 2.91. The minimum atomic E-state index is -0.763. The van der Waals surface area contributed by atoms with Crippen molar-refractivity contribution in [3.05, 3.63) is 87.2 Å². The molecule has 1 heterocycles. The quantitative estimate of drug-likeness (QED) is 0.491. The average molecular weight is 318 g/mol. The number of cyclic esters (lactones) is 1. The van der Waals surface area contributed by atoms with Gasteiger partial charge in [0, 0.05) is 11.6 Å². The first-order valence-corrected chi connectivity index (χ1v) is 6.99. The second kappa shape index (κ2) is 6.18. The topological polar surface area (TPSA) is 93.2 Å². The van der Waals surface area contributed by atoms with Gasteiger partial charge in [-0.1, -0.05) is 42.5 Å². The first-order chi connectivity index (χ1) is 11.6. The molecule has 3 rings (SSSR count). The number of nitro groups is 1. The van der Waals surface area contributed by atoms with Crippen LogP contribution in [0.1, 0.15) is 11.1 Å². The molecule has 2 aromatic carbocycles. The van der Waals surface area contributed by atoms with E-state index < -0.39 is 10.9 Å². The predicted molar refractivity (Wildman–Crippen MR) is 86.1 cm³/mol. The number of esters is 1. The summed E-state index contributed by atoms with van der Waals surface area (Å²) in [7, 11) is 0. The Bertz CT molecular complexity index is 937. The SMILES string of the molecule is N#CC1=C(c2ccccc2)C(=Cc2ccccc2[N+](=O)[O-])OC1=O. The lowest BCUT2D eigenvalue weighted by atomic mass is 9.99. The van der Waals surface area contributed by atoms with Gasteiger partial charge in [0.25, 0.3) is 5.69 Å². The number of hydrogen-bond acceptors (Lipinski definition) is 5. The number of nitrogens with zero attached hydrogens (tertiary/aromatic N) is 2. The Morgan fingerprint density at radius 2 is 1.75 bits per heavy atom. The fourth-order valence-electron chi connectivity index (χ4n) is 2.44. The summed E-state index contributed by atoms with van der Waals surface area (Å²) < 4.78 is 5.17. The Morgan fingerprint density at radius 3 is 2.42 bits per heavy atom. The largest absolute Gasteiger partial charge is 0.422 e. The fourth-order valence-corrected chi connectivity index (χ4v) is 2.44. The number of para-hydroxylation sites is 1. The van der Waals surface area contributed by atoms with Crippen LogP contribution in [0.4, 0.5) is 5.69 Å². The first kappa shape index (κ1) is 15.2. The van der Waals surface area contributed by atoms with E-state index in [1.165, 1.54) is 12.1 Å².